The number of aromatic nitrogens is 2. The molecule has 0 unspecified atom stereocenters. The molecule has 0 fully saturated rings. The molecule has 1 heterocycles. The van der Waals surface area contributed by atoms with Crippen LogP contribution >= 0.6 is 11.6 Å². The lowest BCUT2D eigenvalue weighted by Gasteiger charge is -2.11. The van der Waals surface area contributed by atoms with Crippen molar-refractivity contribution in [3.8, 4) is 5.69 Å². The van der Waals surface area contributed by atoms with E-state index in [0.717, 1.165) is 23.0 Å². The summed E-state index contributed by atoms with van der Waals surface area (Å²) in [6, 6.07) is 5.85. The van der Waals surface area contributed by atoms with Crippen LogP contribution in [-0.2, 0) is 6.42 Å². The predicted octanol–water partition coefficient (Wildman–Crippen LogP) is 2.34. The molecule has 0 aliphatic rings. The first kappa shape index (κ1) is 11.2. The van der Waals surface area contributed by atoms with E-state index in [1.807, 2.05) is 35.9 Å². The van der Waals surface area contributed by atoms with E-state index in [0.29, 0.717) is 6.54 Å². The maximum atomic E-state index is 6.02. The molecule has 0 saturated heterocycles. The quantitative estimate of drug-likeness (QED) is 0.888. The van der Waals surface area contributed by atoms with Crippen molar-refractivity contribution in [3.63, 3.8) is 0 Å². The average molecular weight is 236 g/mol. The molecule has 3 nitrogen and oxygen atoms in total. The molecule has 2 rings (SSSR count). The third-order valence-corrected chi connectivity index (χ3v) is 2.78. The van der Waals surface area contributed by atoms with Gasteiger partial charge in [0, 0.05) is 17.4 Å². The van der Waals surface area contributed by atoms with Gasteiger partial charge < -0.3 is 10.3 Å². The number of rotatable bonds is 3. The van der Waals surface area contributed by atoms with Crippen molar-refractivity contribution in [3.05, 3.63) is 47.0 Å². The van der Waals surface area contributed by atoms with Crippen LogP contribution in [0.3, 0.4) is 0 Å². The molecule has 2 aromatic rings. The van der Waals surface area contributed by atoms with Gasteiger partial charge in [-0.1, -0.05) is 17.7 Å². The average Bonchev–Trinajstić information content (AvgIpc) is 2.67. The standard InChI is InChI=1S/C12H14ClN3/c1-9-15-6-7-16(9)12-8-11(13)3-2-10(12)4-5-14/h2-3,6-8H,4-5,14H2,1H3. The minimum atomic E-state index is 0.627. The Balaban J connectivity index is 2.53. The van der Waals surface area contributed by atoms with Gasteiger partial charge in [0.05, 0.1) is 5.69 Å². The van der Waals surface area contributed by atoms with Gasteiger partial charge in [0.1, 0.15) is 5.82 Å². The Morgan fingerprint density at radius 2 is 2.25 bits per heavy atom. The number of aryl methyl sites for hydroxylation is 1. The maximum absolute atomic E-state index is 6.02. The van der Waals surface area contributed by atoms with Crippen molar-refractivity contribution in [2.24, 2.45) is 5.73 Å². The second-order valence-corrected chi connectivity index (χ2v) is 4.09. The molecule has 0 radical (unpaired) electrons. The highest BCUT2D eigenvalue weighted by atomic mass is 35.5. The molecule has 0 bridgehead atoms. The summed E-state index contributed by atoms with van der Waals surface area (Å²) in [5.74, 6) is 0.945. The highest BCUT2D eigenvalue weighted by Crippen LogP contribution is 2.21. The van der Waals surface area contributed by atoms with E-state index in [-0.39, 0.29) is 0 Å². The van der Waals surface area contributed by atoms with Gasteiger partial charge in [-0.3, -0.25) is 0 Å². The van der Waals surface area contributed by atoms with Crippen LogP contribution in [0.5, 0.6) is 0 Å². The Morgan fingerprint density at radius 1 is 1.44 bits per heavy atom. The highest BCUT2D eigenvalue weighted by molar-refractivity contribution is 6.30. The maximum Gasteiger partial charge on any atom is 0.110 e. The van der Waals surface area contributed by atoms with Gasteiger partial charge in [-0.25, -0.2) is 4.98 Å². The van der Waals surface area contributed by atoms with Crippen LogP contribution in [0.15, 0.2) is 30.6 Å². The molecule has 0 saturated carbocycles. The second-order valence-electron chi connectivity index (χ2n) is 3.66. The molecule has 0 aliphatic heterocycles. The largest absolute Gasteiger partial charge is 0.330 e. The molecular weight excluding hydrogens is 222 g/mol. The lowest BCUT2D eigenvalue weighted by atomic mass is 10.1. The van der Waals surface area contributed by atoms with Gasteiger partial charge in [0.2, 0.25) is 0 Å². The molecule has 0 amide bonds. The summed E-state index contributed by atoms with van der Waals surface area (Å²) < 4.78 is 2.02. The van der Waals surface area contributed by atoms with E-state index in [9.17, 15) is 0 Å². The zero-order valence-corrected chi connectivity index (χ0v) is 9.91. The van der Waals surface area contributed by atoms with Crippen molar-refractivity contribution in [2.75, 3.05) is 6.54 Å². The zero-order valence-electron chi connectivity index (χ0n) is 9.15. The monoisotopic (exact) mass is 235 g/mol. The lowest BCUT2D eigenvalue weighted by molar-refractivity contribution is 0.912. The van der Waals surface area contributed by atoms with Crippen LogP contribution in [0.1, 0.15) is 11.4 Å². The molecule has 1 aromatic heterocycles. The van der Waals surface area contributed by atoms with E-state index in [4.69, 9.17) is 17.3 Å². The molecule has 1 aromatic carbocycles. The fraction of sp³-hybridized carbons (Fsp3) is 0.250. The van der Waals surface area contributed by atoms with Crippen LogP contribution < -0.4 is 5.73 Å². The zero-order chi connectivity index (χ0) is 11.5. The van der Waals surface area contributed by atoms with E-state index in [1.165, 1.54) is 5.56 Å². The van der Waals surface area contributed by atoms with Gasteiger partial charge in [0.25, 0.3) is 0 Å². The van der Waals surface area contributed by atoms with E-state index >= 15 is 0 Å². The summed E-state index contributed by atoms with van der Waals surface area (Å²) in [5, 5.41) is 0.726. The smallest absolute Gasteiger partial charge is 0.110 e. The van der Waals surface area contributed by atoms with Gasteiger partial charge >= 0.3 is 0 Å². The van der Waals surface area contributed by atoms with Gasteiger partial charge in [-0.05, 0) is 37.6 Å². The van der Waals surface area contributed by atoms with Crippen molar-refractivity contribution in [1.29, 1.82) is 0 Å². The fourth-order valence-electron chi connectivity index (χ4n) is 1.76. The minimum Gasteiger partial charge on any atom is -0.330 e. The van der Waals surface area contributed by atoms with Crippen LogP contribution in [0.4, 0.5) is 0 Å². The molecule has 4 heteroatoms. The van der Waals surface area contributed by atoms with Crippen molar-refractivity contribution >= 4 is 11.6 Å². The number of nitrogens with two attached hydrogens (primary N) is 1. The normalized spacial score (nSPS) is 10.7. The molecule has 2 N–H and O–H groups in total. The summed E-state index contributed by atoms with van der Waals surface area (Å²) >= 11 is 6.02. The van der Waals surface area contributed by atoms with E-state index < -0.39 is 0 Å². The summed E-state index contributed by atoms with van der Waals surface area (Å²) in [7, 11) is 0. The van der Waals surface area contributed by atoms with Crippen LogP contribution in [-0.4, -0.2) is 16.1 Å². The van der Waals surface area contributed by atoms with Gasteiger partial charge in [0.15, 0.2) is 0 Å². The molecule has 0 atom stereocenters. The summed E-state index contributed by atoms with van der Waals surface area (Å²) in [5.41, 5.74) is 7.85. The number of hydrogen-bond acceptors (Lipinski definition) is 2. The Labute approximate surface area is 99.9 Å². The third kappa shape index (κ3) is 2.10. The predicted molar refractivity (Wildman–Crippen MR) is 66.1 cm³/mol. The van der Waals surface area contributed by atoms with Gasteiger partial charge in [-0.15, -0.1) is 0 Å². The first-order chi connectivity index (χ1) is 7.72. The summed E-state index contributed by atoms with van der Waals surface area (Å²) in [4.78, 5) is 4.21. The van der Waals surface area contributed by atoms with Crippen molar-refractivity contribution in [2.45, 2.75) is 13.3 Å². The topological polar surface area (TPSA) is 43.8 Å². The summed E-state index contributed by atoms with van der Waals surface area (Å²) in [6.07, 6.45) is 4.55. The highest BCUT2D eigenvalue weighted by Gasteiger charge is 2.07. The Hall–Kier alpha value is -1.32. The number of benzene rings is 1. The number of imidazole rings is 1. The van der Waals surface area contributed by atoms with Crippen LogP contribution in [0, 0.1) is 6.92 Å². The molecule has 0 aliphatic carbocycles. The molecule has 16 heavy (non-hydrogen) atoms. The van der Waals surface area contributed by atoms with Crippen molar-refractivity contribution in [1.82, 2.24) is 9.55 Å². The minimum absolute atomic E-state index is 0.627. The Kier molecular flexibility index (Phi) is 3.27. The second kappa shape index (κ2) is 4.68. The first-order valence-electron chi connectivity index (χ1n) is 5.21. The first-order valence-corrected chi connectivity index (χ1v) is 5.59. The molecule has 84 valence electrons. The number of hydrogen-bond donors (Lipinski definition) is 1. The molecule has 0 spiro atoms. The Bertz CT molecular complexity index is 491. The van der Waals surface area contributed by atoms with Crippen molar-refractivity contribution < 1.29 is 0 Å². The third-order valence-electron chi connectivity index (χ3n) is 2.55. The molecular formula is C12H14ClN3. The number of halogens is 1. The lowest BCUT2D eigenvalue weighted by Crippen LogP contribution is -2.07. The van der Waals surface area contributed by atoms with Crippen LogP contribution in [0.2, 0.25) is 5.02 Å². The summed E-state index contributed by atoms with van der Waals surface area (Å²) in [6.45, 7) is 2.59. The fourth-order valence-corrected chi connectivity index (χ4v) is 1.93. The van der Waals surface area contributed by atoms with E-state index in [2.05, 4.69) is 4.98 Å². The van der Waals surface area contributed by atoms with Crippen LogP contribution in [0.25, 0.3) is 5.69 Å². The van der Waals surface area contributed by atoms with E-state index in [1.54, 1.807) is 6.20 Å². The Morgan fingerprint density at radius 3 is 2.88 bits per heavy atom. The number of nitrogens with zero attached hydrogens (tertiary/aromatic N) is 2. The van der Waals surface area contributed by atoms with Gasteiger partial charge in [-0.2, -0.15) is 0 Å². The SMILES string of the molecule is Cc1nccn1-c1cc(Cl)ccc1CCN.